The first kappa shape index (κ1) is 18.9. The van der Waals surface area contributed by atoms with Gasteiger partial charge >= 0.3 is 23.8 Å². The molecule has 0 aromatic rings. The molecule has 0 amide bonds. The van der Waals surface area contributed by atoms with Crippen molar-refractivity contribution in [1.29, 1.82) is 0 Å². The minimum atomic E-state index is -5.76. The summed E-state index contributed by atoms with van der Waals surface area (Å²) in [7, 11) is 0. The van der Waals surface area contributed by atoms with E-state index in [0.717, 1.165) is 19.3 Å². The number of rotatable bonds is 6. The minimum absolute atomic E-state index is 0.433. The fraction of sp³-hybridized carbons (Fsp3) is 0.812. The Balaban J connectivity index is 1.56. The summed E-state index contributed by atoms with van der Waals surface area (Å²) in [6.07, 6.45) is 5.15. The van der Waals surface area contributed by atoms with E-state index in [0.29, 0.717) is 37.0 Å². The zero-order chi connectivity index (χ0) is 19.3. The van der Waals surface area contributed by atoms with Gasteiger partial charge in [-0.1, -0.05) is 0 Å². The molecule has 4 aliphatic rings. The standard InChI is InChI=1S/C16H18F4O6/c17-15(18,12(22)23)16(19,20)13(24)25-7-11(21)26-14-4-8-1-9(5-14)3-10(2-8)6-14/h8-10H,1-7H2,(H,22,23)/p-1. The van der Waals surface area contributed by atoms with E-state index in [-0.39, 0.29) is 0 Å². The highest BCUT2D eigenvalue weighted by molar-refractivity contribution is 5.89. The van der Waals surface area contributed by atoms with Gasteiger partial charge in [-0.15, -0.1) is 0 Å². The monoisotopic (exact) mass is 381 g/mol. The molecular formula is C16H17F4O6-. The van der Waals surface area contributed by atoms with Gasteiger partial charge in [0.05, 0.1) is 0 Å². The van der Waals surface area contributed by atoms with Gasteiger partial charge in [0.25, 0.3) is 0 Å². The molecule has 0 atom stereocenters. The molecule has 6 nitrogen and oxygen atoms in total. The van der Waals surface area contributed by atoms with Crippen LogP contribution in [0.3, 0.4) is 0 Å². The van der Waals surface area contributed by atoms with Crippen molar-refractivity contribution in [3.8, 4) is 0 Å². The van der Waals surface area contributed by atoms with Gasteiger partial charge in [0, 0.05) is 0 Å². The summed E-state index contributed by atoms with van der Waals surface area (Å²) in [4.78, 5) is 33.1. The van der Waals surface area contributed by atoms with Gasteiger partial charge in [-0.05, 0) is 56.3 Å². The Morgan fingerprint density at radius 2 is 1.38 bits per heavy atom. The molecule has 26 heavy (non-hydrogen) atoms. The number of alkyl halides is 4. The normalized spacial score (nSPS) is 33.0. The lowest BCUT2D eigenvalue weighted by Gasteiger charge is -2.55. The number of esters is 2. The summed E-state index contributed by atoms with van der Waals surface area (Å²) in [5, 5.41) is 10.1. The summed E-state index contributed by atoms with van der Waals surface area (Å²) < 4.78 is 61.4. The third-order valence-corrected chi connectivity index (χ3v) is 5.54. The molecule has 0 saturated heterocycles. The van der Waals surface area contributed by atoms with Crippen LogP contribution in [0.5, 0.6) is 0 Å². The summed E-state index contributed by atoms with van der Waals surface area (Å²) in [6, 6.07) is 0. The van der Waals surface area contributed by atoms with Crippen molar-refractivity contribution >= 4 is 17.9 Å². The average molecular weight is 381 g/mol. The van der Waals surface area contributed by atoms with Gasteiger partial charge in [0.2, 0.25) is 0 Å². The first-order chi connectivity index (χ1) is 11.9. The van der Waals surface area contributed by atoms with E-state index in [1.807, 2.05) is 0 Å². The van der Waals surface area contributed by atoms with Crippen LogP contribution >= 0.6 is 0 Å². The van der Waals surface area contributed by atoms with Gasteiger partial charge in [-0.25, -0.2) is 9.59 Å². The van der Waals surface area contributed by atoms with Crippen LogP contribution in [-0.2, 0) is 23.9 Å². The van der Waals surface area contributed by atoms with Crippen LogP contribution in [0.15, 0.2) is 0 Å². The lowest BCUT2D eigenvalue weighted by Crippen LogP contribution is -2.58. The van der Waals surface area contributed by atoms with Crippen LogP contribution in [0.25, 0.3) is 0 Å². The highest BCUT2D eigenvalue weighted by atomic mass is 19.3. The van der Waals surface area contributed by atoms with Gasteiger partial charge in [0.15, 0.2) is 6.61 Å². The predicted octanol–water partition coefficient (Wildman–Crippen LogP) is 1.06. The first-order valence-electron chi connectivity index (χ1n) is 8.31. The molecule has 0 heterocycles. The molecule has 146 valence electrons. The minimum Gasteiger partial charge on any atom is -0.544 e. The van der Waals surface area contributed by atoms with Crippen molar-refractivity contribution in [3.63, 3.8) is 0 Å². The second kappa shape index (κ2) is 6.09. The Hall–Kier alpha value is -1.87. The fourth-order valence-electron chi connectivity index (χ4n) is 4.90. The van der Waals surface area contributed by atoms with E-state index < -0.39 is 42.0 Å². The Morgan fingerprint density at radius 3 is 1.81 bits per heavy atom. The maximum absolute atomic E-state index is 13.2. The van der Waals surface area contributed by atoms with E-state index in [1.54, 1.807) is 0 Å². The van der Waals surface area contributed by atoms with Gasteiger partial charge in [0.1, 0.15) is 11.6 Å². The smallest absolute Gasteiger partial charge is 0.410 e. The Bertz CT molecular complexity index is 597. The molecule has 0 aromatic heterocycles. The second-order valence-corrected chi connectivity index (χ2v) is 7.59. The number of carboxylic acids is 1. The number of aliphatic carboxylic acids is 1. The Kier molecular flexibility index (Phi) is 4.43. The fourth-order valence-corrected chi connectivity index (χ4v) is 4.90. The number of carboxylic acid groups (broad SMARTS) is 1. The third-order valence-electron chi connectivity index (χ3n) is 5.54. The lowest BCUT2D eigenvalue weighted by molar-refractivity contribution is -0.346. The molecule has 0 spiro atoms. The van der Waals surface area contributed by atoms with Crippen molar-refractivity contribution < 1.29 is 46.5 Å². The Morgan fingerprint density at radius 1 is 0.923 bits per heavy atom. The van der Waals surface area contributed by atoms with Crippen molar-refractivity contribution in [1.82, 2.24) is 0 Å². The number of hydrogen-bond donors (Lipinski definition) is 0. The molecule has 4 rings (SSSR count). The van der Waals surface area contributed by atoms with Crippen molar-refractivity contribution in [3.05, 3.63) is 0 Å². The van der Waals surface area contributed by atoms with Crippen molar-refractivity contribution in [2.24, 2.45) is 17.8 Å². The van der Waals surface area contributed by atoms with E-state index in [1.165, 1.54) is 0 Å². The number of hydrogen-bond acceptors (Lipinski definition) is 6. The van der Waals surface area contributed by atoms with Crippen molar-refractivity contribution in [2.45, 2.75) is 56.0 Å². The van der Waals surface area contributed by atoms with E-state index in [9.17, 15) is 37.1 Å². The maximum atomic E-state index is 13.2. The lowest BCUT2D eigenvalue weighted by atomic mass is 9.54. The van der Waals surface area contributed by atoms with Crippen LogP contribution in [0, 0.1) is 17.8 Å². The van der Waals surface area contributed by atoms with Crippen LogP contribution < -0.4 is 5.11 Å². The van der Waals surface area contributed by atoms with Gasteiger partial charge in [-0.3, -0.25) is 0 Å². The van der Waals surface area contributed by atoms with Crippen LogP contribution in [-0.4, -0.2) is 42.0 Å². The number of carbonyl (C=O) groups is 3. The van der Waals surface area contributed by atoms with Crippen molar-refractivity contribution in [2.75, 3.05) is 6.61 Å². The van der Waals surface area contributed by atoms with Crippen LogP contribution in [0.1, 0.15) is 38.5 Å². The molecule has 0 aromatic carbocycles. The highest BCUT2D eigenvalue weighted by Crippen LogP contribution is 2.57. The summed E-state index contributed by atoms with van der Waals surface area (Å²) in [5.41, 5.74) is -0.713. The molecule has 4 fully saturated rings. The molecule has 4 saturated carbocycles. The zero-order valence-electron chi connectivity index (χ0n) is 13.6. The molecule has 4 bridgehead atoms. The molecule has 10 heteroatoms. The number of halogens is 4. The van der Waals surface area contributed by atoms with E-state index >= 15 is 0 Å². The average Bonchev–Trinajstić information content (AvgIpc) is 2.50. The first-order valence-corrected chi connectivity index (χ1v) is 8.31. The summed E-state index contributed by atoms with van der Waals surface area (Å²) in [5.74, 6) is -17.5. The molecular weight excluding hydrogens is 364 g/mol. The Labute approximate surface area is 145 Å². The zero-order valence-corrected chi connectivity index (χ0v) is 13.6. The molecule has 0 N–H and O–H groups in total. The van der Waals surface area contributed by atoms with Gasteiger partial charge < -0.3 is 19.4 Å². The molecule has 4 aliphatic carbocycles. The molecule has 0 radical (unpaired) electrons. The second-order valence-electron chi connectivity index (χ2n) is 7.59. The highest BCUT2D eigenvalue weighted by Gasteiger charge is 2.64. The molecule has 0 aliphatic heterocycles. The number of carbonyl (C=O) groups excluding carboxylic acids is 3. The molecule has 0 unspecified atom stereocenters. The number of ether oxygens (including phenoxy) is 2. The SMILES string of the molecule is O=C(COC(=O)C(F)(F)C(F)(F)C(=O)[O-])OC12CC3CC(CC(C3)C1)C2. The largest absolute Gasteiger partial charge is 0.544 e. The quantitative estimate of drug-likeness (QED) is 0.505. The van der Waals surface area contributed by atoms with E-state index in [2.05, 4.69) is 4.74 Å². The summed E-state index contributed by atoms with van der Waals surface area (Å²) in [6.45, 7) is -1.29. The van der Waals surface area contributed by atoms with E-state index in [4.69, 9.17) is 4.74 Å². The van der Waals surface area contributed by atoms with Gasteiger partial charge in [-0.2, -0.15) is 17.6 Å². The van der Waals surface area contributed by atoms with Crippen LogP contribution in [0.4, 0.5) is 17.6 Å². The van der Waals surface area contributed by atoms with Crippen LogP contribution in [0.2, 0.25) is 0 Å². The predicted molar refractivity (Wildman–Crippen MR) is 72.9 cm³/mol. The summed E-state index contributed by atoms with van der Waals surface area (Å²) >= 11 is 0. The third kappa shape index (κ3) is 3.14. The maximum Gasteiger partial charge on any atom is 0.410 e. The topological polar surface area (TPSA) is 92.7 Å².